The van der Waals surface area contributed by atoms with Gasteiger partial charge in [0.15, 0.2) is 0 Å². The standard InChI is InChI=1S/C37H42F2N4O/c1-2-17-37(38,39)32-10-6-27(7-11-32)25-43-20-14-30-5-3-4-29-8-9-31(23-34(29)35(30)26-43)36(44)41-33-15-21-42(22-16-33)24-28-12-18-40-19-13-28/h2,6-13,17-19,23,33H,3-5,14-16,20-22,24-26H2,1H3,(H,41,44)/b17-2+. The fourth-order valence-corrected chi connectivity index (χ4v) is 6.90. The van der Waals surface area contributed by atoms with Crippen molar-refractivity contribution < 1.29 is 13.6 Å². The Hall–Kier alpha value is -3.68. The van der Waals surface area contributed by atoms with E-state index < -0.39 is 5.92 Å². The molecule has 1 amide bonds. The Morgan fingerprint density at radius 2 is 1.66 bits per heavy atom. The van der Waals surface area contributed by atoms with E-state index in [-0.39, 0.29) is 17.5 Å². The lowest BCUT2D eigenvalue weighted by molar-refractivity contribution is 0.0519. The Balaban J connectivity index is 1.10. The van der Waals surface area contributed by atoms with E-state index in [0.717, 1.165) is 88.5 Å². The number of likely N-dealkylation sites (tertiary alicyclic amines) is 1. The van der Waals surface area contributed by atoms with Crippen LogP contribution in [-0.4, -0.2) is 52.9 Å². The van der Waals surface area contributed by atoms with E-state index in [1.165, 1.54) is 33.9 Å². The van der Waals surface area contributed by atoms with Gasteiger partial charge in [-0.25, -0.2) is 0 Å². The minimum absolute atomic E-state index is 0.00857. The average Bonchev–Trinajstić information content (AvgIpc) is 3.21. The van der Waals surface area contributed by atoms with E-state index in [1.54, 1.807) is 19.1 Å². The van der Waals surface area contributed by atoms with Crippen LogP contribution >= 0.6 is 0 Å². The number of pyridine rings is 1. The van der Waals surface area contributed by atoms with E-state index >= 15 is 0 Å². The van der Waals surface area contributed by atoms with Gasteiger partial charge in [0, 0.05) is 68.8 Å². The van der Waals surface area contributed by atoms with Gasteiger partial charge in [0.05, 0.1) is 0 Å². The van der Waals surface area contributed by atoms with Gasteiger partial charge in [-0.2, -0.15) is 8.78 Å². The number of alkyl halides is 2. The summed E-state index contributed by atoms with van der Waals surface area (Å²) in [5.41, 5.74) is 8.41. The number of carbonyl (C=O) groups excluding carboxylic acids is 1. The summed E-state index contributed by atoms with van der Waals surface area (Å²) in [7, 11) is 0. The Morgan fingerprint density at radius 3 is 2.41 bits per heavy atom. The smallest absolute Gasteiger partial charge is 0.291 e. The number of carbonyl (C=O) groups is 1. The van der Waals surface area contributed by atoms with Crippen molar-refractivity contribution in [3.63, 3.8) is 0 Å². The molecule has 44 heavy (non-hydrogen) atoms. The first kappa shape index (κ1) is 30.4. The lowest BCUT2D eigenvalue weighted by atomic mass is 9.90. The molecule has 0 unspecified atom stereocenters. The largest absolute Gasteiger partial charge is 0.349 e. The molecule has 0 bridgehead atoms. The highest BCUT2D eigenvalue weighted by Gasteiger charge is 2.28. The minimum atomic E-state index is -2.95. The first-order valence-corrected chi connectivity index (χ1v) is 16.0. The number of piperidine rings is 1. The summed E-state index contributed by atoms with van der Waals surface area (Å²) < 4.78 is 28.6. The van der Waals surface area contributed by atoms with Crippen LogP contribution in [0.15, 0.2) is 84.7 Å². The molecule has 7 heteroatoms. The quantitative estimate of drug-likeness (QED) is 0.281. The summed E-state index contributed by atoms with van der Waals surface area (Å²) >= 11 is 0. The number of aromatic nitrogens is 1. The van der Waals surface area contributed by atoms with Crippen LogP contribution in [0.5, 0.6) is 0 Å². The molecule has 0 atom stereocenters. The molecule has 1 saturated heterocycles. The number of hydrogen-bond donors (Lipinski definition) is 1. The number of amides is 1. The number of hydrogen-bond acceptors (Lipinski definition) is 4. The van der Waals surface area contributed by atoms with E-state index in [4.69, 9.17) is 0 Å². The van der Waals surface area contributed by atoms with Crippen molar-refractivity contribution in [2.45, 2.75) is 70.5 Å². The molecule has 1 aliphatic carbocycles. The summed E-state index contributed by atoms with van der Waals surface area (Å²) in [4.78, 5) is 22.4. The van der Waals surface area contributed by atoms with Crippen LogP contribution < -0.4 is 5.32 Å². The van der Waals surface area contributed by atoms with E-state index in [2.05, 4.69) is 44.4 Å². The van der Waals surface area contributed by atoms with Gasteiger partial charge < -0.3 is 5.32 Å². The summed E-state index contributed by atoms with van der Waals surface area (Å²) in [6, 6.07) is 17.3. The van der Waals surface area contributed by atoms with E-state index in [0.29, 0.717) is 6.54 Å². The van der Waals surface area contributed by atoms with Crippen LogP contribution in [0.25, 0.3) is 5.57 Å². The molecule has 5 nitrogen and oxygen atoms in total. The Bertz CT molecular complexity index is 1510. The van der Waals surface area contributed by atoms with Gasteiger partial charge in [-0.05, 0) is 104 Å². The first-order chi connectivity index (χ1) is 21.4. The molecule has 2 aliphatic heterocycles. The lowest BCUT2D eigenvalue weighted by Crippen LogP contribution is -2.44. The van der Waals surface area contributed by atoms with Gasteiger partial charge >= 0.3 is 0 Å². The summed E-state index contributed by atoms with van der Waals surface area (Å²) in [5.74, 6) is -2.95. The van der Waals surface area contributed by atoms with Gasteiger partial charge in [-0.3, -0.25) is 19.6 Å². The number of nitrogens with one attached hydrogen (secondary N) is 1. The summed E-state index contributed by atoms with van der Waals surface area (Å²) in [6.45, 7) is 6.92. The van der Waals surface area contributed by atoms with Crippen molar-refractivity contribution in [3.05, 3.63) is 118 Å². The molecule has 3 heterocycles. The van der Waals surface area contributed by atoms with Crippen molar-refractivity contribution in [1.82, 2.24) is 20.1 Å². The predicted octanol–water partition coefficient (Wildman–Crippen LogP) is 7.14. The molecule has 1 aromatic heterocycles. The number of benzene rings is 2. The second kappa shape index (κ2) is 13.5. The van der Waals surface area contributed by atoms with Crippen molar-refractivity contribution in [2.24, 2.45) is 0 Å². The molecule has 2 aromatic carbocycles. The zero-order valence-corrected chi connectivity index (χ0v) is 25.6. The van der Waals surface area contributed by atoms with Gasteiger partial charge in [-0.1, -0.05) is 42.0 Å². The van der Waals surface area contributed by atoms with Crippen LogP contribution in [0.4, 0.5) is 8.78 Å². The fourth-order valence-electron chi connectivity index (χ4n) is 6.90. The number of rotatable bonds is 8. The molecular weight excluding hydrogens is 554 g/mol. The van der Waals surface area contributed by atoms with Crippen molar-refractivity contribution in [2.75, 3.05) is 26.2 Å². The Morgan fingerprint density at radius 1 is 0.932 bits per heavy atom. The van der Waals surface area contributed by atoms with Crippen LogP contribution in [0.3, 0.4) is 0 Å². The zero-order chi connectivity index (χ0) is 30.5. The molecule has 3 aromatic rings. The molecule has 1 fully saturated rings. The highest BCUT2D eigenvalue weighted by molar-refractivity contribution is 5.95. The molecular formula is C37H42F2N4O. The maximum atomic E-state index is 14.3. The third-order valence-corrected chi connectivity index (χ3v) is 9.36. The van der Waals surface area contributed by atoms with Crippen LogP contribution in [0, 0.1) is 0 Å². The molecule has 3 aliphatic rings. The van der Waals surface area contributed by atoms with Crippen molar-refractivity contribution in [1.29, 1.82) is 0 Å². The summed E-state index contributed by atoms with van der Waals surface area (Å²) in [5, 5.41) is 3.32. The SMILES string of the molecule is C/C=C/C(F)(F)c1ccc(CN2CCC3=C(C2)c2cc(C(=O)NC4CCN(Cc5ccncc5)CC4)ccc2CCC3)cc1. The van der Waals surface area contributed by atoms with Gasteiger partial charge in [0.2, 0.25) is 0 Å². The third-order valence-electron chi connectivity index (χ3n) is 9.36. The Kier molecular flexibility index (Phi) is 9.33. The lowest BCUT2D eigenvalue weighted by Gasteiger charge is -2.32. The molecule has 0 spiro atoms. The second-order valence-corrected chi connectivity index (χ2v) is 12.5. The normalized spacial score (nSPS) is 18.6. The minimum Gasteiger partial charge on any atom is -0.349 e. The highest BCUT2D eigenvalue weighted by Crippen LogP contribution is 2.36. The van der Waals surface area contributed by atoms with Crippen LogP contribution in [0.1, 0.15) is 77.2 Å². The average molecular weight is 597 g/mol. The maximum Gasteiger partial charge on any atom is 0.291 e. The second-order valence-electron chi connectivity index (χ2n) is 12.5. The third kappa shape index (κ3) is 7.16. The molecule has 6 rings (SSSR count). The molecule has 1 N–H and O–H groups in total. The summed E-state index contributed by atoms with van der Waals surface area (Å²) in [6.07, 6.45) is 12.1. The van der Waals surface area contributed by atoms with Gasteiger partial charge in [0.1, 0.15) is 0 Å². The number of halogens is 2. The topological polar surface area (TPSA) is 48.5 Å². The number of aryl methyl sites for hydroxylation is 1. The maximum absolute atomic E-state index is 14.3. The van der Waals surface area contributed by atoms with Gasteiger partial charge in [0.25, 0.3) is 11.8 Å². The predicted molar refractivity (Wildman–Crippen MR) is 171 cm³/mol. The Labute approximate surface area is 259 Å². The molecule has 230 valence electrons. The highest BCUT2D eigenvalue weighted by atomic mass is 19.3. The number of fused-ring (bicyclic) bond motifs is 2. The van der Waals surface area contributed by atoms with Crippen LogP contribution in [-0.2, 0) is 25.4 Å². The number of allylic oxidation sites excluding steroid dienone is 2. The monoisotopic (exact) mass is 596 g/mol. The molecule has 0 saturated carbocycles. The number of nitrogens with zero attached hydrogens (tertiary/aromatic N) is 3. The van der Waals surface area contributed by atoms with Gasteiger partial charge in [-0.15, -0.1) is 0 Å². The van der Waals surface area contributed by atoms with E-state index in [1.807, 2.05) is 30.6 Å². The van der Waals surface area contributed by atoms with Crippen molar-refractivity contribution in [3.8, 4) is 0 Å². The van der Waals surface area contributed by atoms with E-state index in [9.17, 15) is 13.6 Å². The fraction of sp³-hybridized carbons (Fsp3) is 0.405. The first-order valence-electron chi connectivity index (χ1n) is 16.0. The molecule has 0 radical (unpaired) electrons. The van der Waals surface area contributed by atoms with Crippen molar-refractivity contribution >= 4 is 11.5 Å². The zero-order valence-electron chi connectivity index (χ0n) is 25.6. The van der Waals surface area contributed by atoms with Crippen LogP contribution in [0.2, 0.25) is 0 Å².